The highest BCUT2D eigenvalue weighted by Gasteiger charge is 2.08. The van der Waals surface area contributed by atoms with Crippen LogP contribution in [0.2, 0.25) is 0 Å². The number of hydrogen-bond acceptors (Lipinski definition) is 1. The second-order valence-electron chi connectivity index (χ2n) is 2.86. The Bertz CT molecular complexity index is 96.9. The van der Waals surface area contributed by atoms with Crippen LogP contribution in [0.4, 0.5) is 0 Å². The molecule has 1 nitrogen and oxygen atoms in total. The van der Waals surface area contributed by atoms with Crippen molar-refractivity contribution in [2.45, 2.75) is 46.5 Å². The van der Waals surface area contributed by atoms with E-state index in [1.54, 1.807) is 0 Å². The molecule has 10 heavy (non-hydrogen) atoms. The van der Waals surface area contributed by atoms with Gasteiger partial charge in [-0.1, -0.05) is 33.6 Å². The number of hydrogen-bond donors (Lipinski definition) is 0. The Hall–Kier alpha value is -0.330. The van der Waals surface area contributed by atoms with Gasteiger partial charge in [0.15, 0.2) is 0 Å². The lowest BCUT2D eigenvalue weighted by Crippen LogP contribution is -2.08. The minimum absolute atomic E-state index is 0.296. The SMILES string of the molecule is CCCCC(C)C(=O)CC. The molecule has 0 amide bonds. The third kappa shape index (κ3) is 3.65. The van der Waals surface area contributed by atoms with Crippen molar-refractivity contribution in [1.29, 1.82) is 0 Å². The molecule has 0 spiro atoms. The molecule has 0 fully saturated rings. The van der Waals surface area contributed by atoms with Crippen LogP contribution in [0, 0.1) is 5.92 Å². The Balaban J connectivity index is 3.41. The van der Waals surface area contributed by atoms with E-state index >= 15 is 0 Å². The maximum atomic E-state index is 11.0. The van der Waals surface area contributed by atoms with Gasteiger partial charge in [0.1, 0.15) is 5.78 Å². The van der Waals surface area contributed by atoms with Gasteiger partial charge >= 0.3 is 0 Å². The second kappa shape index (κ2) is 5.45. The molecule has 1 heteroatoms. The molecule has 0 aliphatic rings. The summed E-state index contributed by atoms with van der Waals surface area (Å²) in [6, 6.07) is 0. The Morgan fingerprint density at radius 3 is 2.40 bits per heavy atom. The average Bonchev–Trinajstić information content (AvgIpc) is 1.98. The maximum Gasteiger partial charge on any atom is 0.135 e. The van der Waals surface area contributed by atoms with E-state index in [0.29, 0.717) is 18.1 Å². The van der Waals surface area contributed by atoms with Gasteiger partial charge in [-0.05, 0) is 6.42 Å². The second-order valence-corrected chi connectivity index (χ2v) is 2.86. The van der Waals surface area contributed by atoms with Crippen molar-refractivity contribution in [2.24, 2.45) is 5.92 Å². The van der Waals surface area contributed by atoms with E-state index in [0.717, 1.165) is 6.42 Å². The molecule has 0 rings (SSSR count). The van der Waals surface area contributed by atoms with Gasteiger partial charge in [0, 0.05) is 12.3 Å². The van der Waals surface area contributed by atoms with Crippen molar-refractivity contribution < 1.29 is 4.79 Å². The summed E-state index contributed by atoms with van der Waals surface area (Å²) in [5, 5.41) is 0. The number of carbonyl (C=O) groups excluding carboxylic acids is 1. The Labute approximate surface area is 63.8 Å². The van der Waals surface area contributed by atoms with Crippen LogP contribution < -0.4 is 0 Å². The largest absolute Gasteiger partial charge is 0.299 e. The Morgan fingerprint density at radius 2 is 2.00 bits per heavy atom. The normalized spacial score (nSPS) is 13.1. The van der Waals surface area contributed by atoms with Crippen LogP contribution in [0.15, 0.2) is 0 Å². The van der Waals surface area contributed by atoms with Crippen LogP contribution in [0.5, 0.6) is 0 Å². The fourth-order valence-electron chi connectivity index (χ4n) is 1.02. The predicted octanol–water partition coefficient (Wildman–Crippen LogP) is 2.79. The van der Waals surface area contributed by atoms with Crippen LogP contribution in [0.3, 0.4) is 0 Å². The molecule has 1 unspecified atom stereocenters. The molecule has 0 aliphatic carbocycles. The summed E-state index contributed by atoms with van der Waals surface area (Å²) in [4.78, 5) is 11.0. The summed E-state index contributed by atoms with van der Waals surface area (Å²) >= 11 is 0. The highest BCUT2D eigenvalue weighted by atomic mass is 16.1. The van der Waals surface area contributed by atoms with Crippen LogP contribution in [0.25, 0.3) is 0 Å². The molecule has 0 radical (unpaired) electrons. The third-order valence-electron chi connectivity index (χ3n) is 1.89. The van der Waals surface area contributed by atoms with E-state index in [1.165, 1.54) is 12.8 Å². The van der Waals surface area contributed by atoms with Crippen molar-refractivity contribution in [2.75, 3.05) is 0 Å². The molecule has 0 aromatic heterocycles. The van der Waals surface area contributed by atoms with Gasteiger partial charge < -0.3 is 0 Å². The zero-order chi connectivity index (χ0) is 7.98. The maximum absolute atomic E-state index is 11.0. The van der Waals surface area contributed by atoms with E-state index in [9.17, 15) is 4.79 Å². The standard InChI is InChI=1S/C9H18O/c1-4-6-7-8(3)9(10)5-2/h8H,4-7H2,1-3H3. The molecule has 60 valence electrons. The molecule has 0 aromatic carbocycles. The lowest BCUT2D eigenvalue weighted by Gasteiger charge is -2.06. The average molecular weight is 142 g/mol. The summed E-state index contributed by atoms with van der Waals surface area (Å²) < 4.78 is 0. The van der Waals surface area contributed by atoms with Gasteiger partial charge in [-0.3, -0.25) is 4.79 Å². The van der Waals surface area contributed by atoms with Crippen molar-refractivity contribution in [3.8, 4) is 0 Å². The highest BCUT2D eigenvalue weighted by molar-refractivity contribution is 5.80. The molecule has 0 saturated heterocycles. The van der Waals surface area contributed by atoms with Gasteiger partial charge in [0.2, 0.25) is 0 Å². The van der Waals surface area contributed by atoms with Gasteiger partial charge in [0.25, 0.3) is 0 Å². The van der Waals surface area contributed by atoms with Crippen LogP contribution >= 0.6 is 0 Å². The van der Waals surface area contributed by atoms with Gasteiger partial charge in [-0.25, -0.2) is 0 Å². The van der Waals surface area contributed by atoms with Gasteiger partial charge in [-0.2, -0.15) is 0 Å². The topological polar surface area (TPSA) is 17.1 Å². The molecule has 0 aromatic rings. The minimum Gasteiger partial charge on any atom is -0.299 e. The fraction of sp³-hybridized carbons (Fsp3) is 0.889. The summed E-state index contributed by atoms with van der Waals surface area (Å²) in [6.07, 6.45) is 4.16. The smallest absolute Gasteiger partial charge is 0.135 e. The van der Waals surface area contributed by atoms with E-state index in [1.807, 2.05) is 13.8 Å². The summed E-state index contributed by atoms with van der Waals surface area (Å²) in [5.74, 6) is 0.707. The summed E-state index contributed by atoms with van der Waals surface area (Å²) in [6.45, 7) is 6.12. The van der Waals surface area contributed by atoms with Crippen molar-refractivity contribution in [1.82, 2.24) is 0 Å². The first-order chi connectivity index (χ1) is 4.72. The van der Waals surface area contributed by atoms with Crippen molar-refractivity contribution >= 4 is 5.78 Å². The summed E-state index contributed by atoms with van der Waals surface area (Å²) in [7, 11) is 0. The molecule has 0 N–H and O–H groups in total. The predicted molar refractivity (Wildman–Crippen MR) is 44.0 cm³/mol. The lowest BCUT2D eigenvalue weighted by molar-refractivity contribution is -0.122. The minimum atomic E-state index is 0.296. The molecule has 0 bridgehead atoms. The van der Waals surface area contributed by atoms with E-state index in [4.69, 9.17) is 0 Å². The Morgan fingerprint density at radius 1 is 1.40 bits per heavy atom. The van der Waals surface area contributed by atoms with Crippen molar-refractivity contribution in [3.63, 3.8) is 0 Å². The molecule has 0 saturated carbocycles. The Kier molecular flexibility index (Phi) is 5.27. The van der Waals surface area contributed by atoms with E-state index in [-0.39, 0.29) is 0 Å². The lowest BCUT2D eigenvalue weighted by atomic mass is 9.98. The number of carbonyl (C=O) groups is 1. The van der Waals surface area contributed by atoms with Crippen LogP contribution in [0.1, 0.15) is 46.5 Å². The zero-order valence-electron chi connectivity index (χ0n) is 7.31. The fourth-order valence-corrected chi connectivity index (χ4v) is 1.02. The van der Waals surface area contributed by atoms with E-state index in [2.05, 4.69) is 6.92 Å². The zero-order valence-corrected chi connectivity index (χ0v) is 7.31. The van der Waals surface area contributed by atoms with Gasteiger partial charge in [-0.15, -0.1) is 0 Å². The molecule has 0 heterocycles. The third-order valence-corrected chi connectivity index (χ3v) is 1.89. The van der Waals surface area contributed by atoms with Crippen molar-refractivity contribution in [3.05, 3.63) is 0 Å². The number of unbranched alkanes of at least 4 members (excludes halogenated alkanes) is 1. The summed E-state index contributed by atoms with van der Waals surface area (Å²) in [5.41, 5.74) is 0. The van der Waals surface area contributed by atoms with Crippen LogP contribution in [-0.2, 0) is 4.79 Å². The number of Topliss-reactive ketones (excluding diaryl/α,β-unsaturated/α-hetero) is 1. The molecule has 1 atom stereocenters. The molecular formula is C9H18O. The number of rotatable bonds is 5. The van der Waals surface area contributed by atoms with Gasteiger partial charge in [0.05, 0.1) is 0 Å². The quantitative estimate of drug-likeness (QED) is 0.577. The monoisotopic (exact) mass is 142 g/mol. The van der Waals surface area contributed by atoms with Crippen LogP contribution in [-0.4, -0.2) is 5.78 Å². The first-order valence-electron chi connectivity index (χ1n) is 4.25. The number of ketones is 1. The molecule has 0 aliphatic heterocycles. The first kappa shape index (κ1) is 9.67. The first-order valence-corrected chi connectivity index (χ1v) is 4.25. The molecular weight excluding hydrogens is 124 g/mol. The van der Waals surface area contributed by atoms with E-state index < -0.39 is 0 Å². The highest BCUT2D eigenvalue weighted by Crippen LogP contribution is 2.09.